The third-order valence-electron chi connectivity index (χ3n) is 4.80. The maximum atomic E-state index is 12.4. The van der Waals surface area contributed by atoms with Gasteiger partial charge in [-0.05, 0) is 35.4 Å². The van der Waals surface area contributed by atoms with E-state index in [2.05, 4.69) is 10.7 Å². The molecule has 0 radical (unpaired) electrons. The van der Waals surface area contributed by atoms with Gasteiger partial charge in [0, 0.05) is 28.2 Å². The fourth-order valence-electron chi connectivity index (χ4n) is 3.40. The summed E-state index contributed by atoms with van der Waals surface area (Å²) in [6.45, 7) is 0. The van der Waals surface area contributed by atoms with Crippen LogP contribution < -0.4 is 14.8 Å². The second-order valence-corrected chi connectivity index (χ2v) is 7.26. The van der Waals surface area contributed by atoms with E-state index in [1.165, 1.54) is 7.11 Å². The minimum absolute atomic E-state index is 0.0315. The van der Waals surface area contributed by atoms with E-state index in [0.717, 1.165) is 33.0 Å². The molecule has 6 heteroatoms. The zero-order chi connectivity index (χ0) is 19.0. The highest BCUT2D eigenvalue weighted by atomic mass is 32.1. The standard InChI is InChI=1S/C21H19NO4S/c1-25-14-6-3-12(4-7-14)16-11-27-21-15(10-19(24)22-20(16)21)13-5-8-18(26-2)17(23)9-13/h3-9,11,15,23H,10H2,1-2H3,(H,22,24)/t15-/m1/s1. The van der Waals surface area contributed by atoms with Gasteiger partial charge in [-0.2, -0.15) is 0 Å². The predicted octanol–water partition coefficient (Wildman–Crippen LogP) is 4.61. The van der Waals surface area contributed by atoms with Crippen molar-refractivity contribution in [1.82, 2.24) is 0 Å². The fourth-order valence-corrected chi connectivity index (χ4v) is 4.56. The molecule has 0 spiro atoms. The molecule has 5 nitrogen and oxygen atoms in total. The number of ether oxygens (including phenoxy) is 2. The Morgan fingerprint density at radius 2 is 1.89 bits per heavy atom. The number of nitrogens with one attached hydrogen (secondary N) is 1. The molecule has 0 unspecified atom stereocenters. The number of hydrogen-bond donors (Lipinski definition) is 2. The topological polar surface area (TPSA) is 67.8 Å². The van der Waals surface area contributed by atoms with Crippen molar-refractivity contribution in [1.29, 1.82) is 0 Å². The quantitative estimate of drug-likeness (QED) is 0.692. The lowest BCUT2D eigenvalue weighted by Crippen LogP contribution is -2.22. The van der Waals surface area contributed by atoms with Crippen molar-refractivity contribution in [2.75, 3.05) is 19.5 Å². The van der Waals surface area contributed by atoms with Gasteiger partial charge in [-0.15, -0.1) is 11.3 Å². The molecule has 27 heavy (non-hydrogen) atoms. The number of benzene rings is 2. The van der Waals surface area contributed by atoms with Crippen molar-refractivity contribution < 1.29 is 19.4 Å². The summed E-state index contributed by atoms with van der Waals surface area (Å²) in [5.74, 6) is 1.16. The molecule has 0 saturated heterocycles. The number of amides is 1. The zero-order valence-electron chi connectivity index (χ0n) is 15.0. The lowest BCUT2D eigenvalue weighted by atomic mass is 9.89. The number of hydrogen-bond acceptors (Lipinski definition) is 5. The smallest absolute Gasteiger partial charge is 0.225 e. The molecule has 138 valence electrons. The van der Waals surface area contributed by atoms with Crippen LogP contribution in [-0.2, 0) is 4.79 Å². The Labute approximate surface area is 161 Å². The highest BCUT2D eigenvalue weighted by Gasteiger charge is 2.30. The molecule has 0 aliphatic carbocycles. The average molecular weight is 381 g/mol. The molecular formula is C21H19NO4S. The van der Waals surface area contributed by atoms with Crippen LogP contribution in [0, 0.1) is 0 Å². The van der Waals surface area contributed by atoms with Gasteiger partial charge in [0.2, 0.25) is 5.91 Å². The average Bonchev–Trinajstić information content (AvgIpc) is 3.11. The van der Waals surface area contributed by atoms with Crippen LogP contribution in [0.1, 0.15) is 22.8 Å². The Morgan fingerprint density at radius 1 is 1.11 bits per heavy atom. The van der Waals surface area contributed by atoms with E-state index in [9.17, 15) is 9.90 Å². The molecular weight excluding hydrogens is 362 g/mol. The number of aromatic hydroxyl groups is 1. The Bertz CT molecular complexity index is 994. The van der Waals surface area contributed by atoms with Gasteiger partial charge in [-0.25, -0.2) is 0 Å². The molecule has 0 fully saturated rings. The van der Waals surface area contributed by atoms with Crippen molar-refractivity contribution in [2.24, 2.45) is 0 Å². The van der Waals surface area contributed by atoms with Crippen molar-refractivity contribution in [2.45, 2.75) is 12.3 Å². The van der Waals surface area contributed by atoms with Gasteiger partial charge in [-0.1, -0.05) is 18.2 Å². The summed E-state index contributed by atoms with van der Waals surface area (Å²) in [6.07, 6.45) is 0.349. The van der Waals surface area contributed by atoms with Crippen LogP contribution in [0.15, 0.2) is 47.8 Å². The van der Waals surface area contributed by atoms with E-state index in [1.807, 2.05) is 30.3 Å². The summed E-state index contributed by atoms with van der Waals surface area (Å²) >= 11 is 1.62. The summed E-state index contributed by atoms with van der Waals surface area (Å²) < 4.78 is 10.3. The number of rotatable bonds is 4. The van der Waals surface area contributed by atoms with Crippen LogP contribution in [0.4, 0.5) is 5.69 Å². The van der Waals surface area contributed by atoms with Crippen LogP contribution in [0.5, 0.6) is 17.2 Å². The first-order chi connectivity index (χ1) is 13.1. The third-order valence-corrected chi connectivity index (χ3v) is 5.89. The van der Waals surface area contributed by atoms with Crippen LogP contribution in [0.2, 0.25) is 0 Å². The number of fused-ring (bicyclic) bond motifs is 1. The van der Waals surface area contributed by atoms with E-state index >= 15 is 0 Å². The van der Waals surface area contributed by atoms with Gasteiger partial charge < -0.3 is 19.9 Å². The summed E-state index contributed by atoms with van der Waals surface area (Å²) in [6, 6.07) is 13.1. The maximum Gasteiger partial charge on any atom is 0.225 e. The number of methoxy groups -OCH3 is 2. The molecule has 0 bridgehead atoms. The lowest BCUT2D eigenvalue weighted by Gasteiger charge is -2.24. The number of phenolic OH excluding ortho intramolecular Hbond substituents is 1. The van der Waals surface area contributed by atoms with Crippen LogP contribution in [0.25, 0.3) is 11.1 Å². The number of thiophene rings is 1. The molecule has 2 N–H and O–H groups in total. The van der Waals surface area contributed by atoms with Gasteiger partial charge >= 0.3 is 0 Å². The molecule has 0 saturated carbocycles. The van der Waals surface area contributed by atoms with Gasteiger partial charge in [0.25, 0.3) is 0 Å². The van der Waals surface area contributed by atoms with Crippen LogP contribution in [-0.4, -0.2) is 25.2 Å². The largest absolute Gasteiger partial charge is 0.504 e. The fraction of sp³-hybridized carbons (Fsp3) is 0.190. The van der Waals surface area contributed by atoms with E-state index in [0.29, 0.717) is 12.2 Å². The van der Waals surface area contributed by atoms with E-state index in [-0.39, 0.29) is 17.6 Å². The Hall–Kier alpha value is -2.99. The van der Waals surface area contributed by atoms with Gasteiger partial charge in [0.1, 0.15) is 5.75 Å². The van der Waals surface area contributed by atoms with Gasteiger partial charge in [0.05, 0.1) is 19.9 Å². The monoisotopic (exact) mass is 381 g/mol. The molecule has 1 atom stereocenters. The number of phenols is 1. The van der Waals surface area contributed by atoms with Crippen molar-refractivity contribution in [3.8, 4) is 28.4 Å². The second kappa shape index (κ2) is 6.96. The minimum atomic E-state index is -0.0949. The molecule has 3 aromatic rings. The molecule has 2 heterocycles. The van der Waals surface area contributed by atoms with Crippen molar-refractivity contribution >= 4 is 22.9 Å². The first kappa shape index (κ1) is 17.4. The van der Waals surface area contributed by atoms with E-state index in [1.54, 1.807) is 30.6 Å². The summed E-state index contributed by atoms with van der Waals surface area (Å²) in [7, 11) is 3.15. The maximum absolute atomic E-state index is 12.4. The summed E-state index contributed by atoms with van der Waals surface area (Å²) in [4.78, 5) is 13.5. The Balaban J connectivity index is 1.76. The Kier molecular flexibility index (Phi) is 4.49. The van der Waals surface area contributed by atoms with E-state index < -0.39 is 0 Å². The molecule has 1 aliphatic rings. The highest BCUT2D eigenvalue weighted by molar-refractivity contribution is 7.11. The second-order valence-electron chi connectivity index (χ2n) is 6.35. The highest BCUT2D eigenvalue weighted by Crippen LogP contribution is 2.47. The number of carbonyl (C=O) groups is 1. The van der Waals surface area contributed by atoms with Gasteiger partial charge in [-0.3, -0.25) is 4.79 Å². The summed E-state index contributed by atoms with van der Waals surface area (Å²) in [5.41, 5.74) is 3.76. The minimum Gasteiger partial charge on any atom is -0.504 e. The first-order valence-corrected chi connectivity index (χ1v) is 9.41. The van der Waals surface area contributed by atoms with Crippen LogP contribution in [0.3, 0.4) is 0 Å². The predicted molar refractivity (Wildman–Crippen MR) is 106 cm³/mol. The van der Waals surface area contributed by atoms with Crippen LogP contribution >= 0.6 is 11.3 Å². The number of carbonyl (C=O) groups excluding carboxylic acids is 1. The van der Waals surface area contributed by atoms with Crippen molar-refractivity contribution in [3.63, 3.8) is 0 Å². The van der Waals surface area contributed by atoms with E-state index in [4.69, 9.17) is 9.47 Å². The normalized spacial score (nSPS) is 15.8. The van der Waals surface area contributed by atoms with Gasteiger partial charge in [0.15, 0.2) is 11.5 Å². The van der Waals surface area contributed by atoms with Crippen molar-refractivity contribution in [3.05, 3.63) is 58.3 Å². The molecule has 1 aliphatic heterocycles. The molecule has 1 amide bonds. The third kappa shape index (κ3) is 3.13. The summed E-state index contributed by atoms with van der Waals surface area (Å²) in [5, 5.41) is 15.2. The zero-order valence-corrected chi connectivity index (χ0v) is 15.8. The lowest BCUT2D eigenvalue weighted by molar-refractivity contribution is -0.116. The number of anilines is 1. The molecule has 4 rings (SSSR count). The molecule has 2 aromatic carbocycles. The SMILES string of the molecule is COc1ccc(-c2csc3c2NC(=O)C[C@@H]3c2ccc(OC)c(O)c2)cc1. The first-order valence-electron chi connectivity index (χ1n) is 8.53. The Morgan fingerprint density at radius 3 is 2.56 bits per heavy atom. The molecule has 1 aromatic heterocycles.